The van der Waals surface area contributed by atoms with Crippen molar-refractivity contribution in [2.75, 3.05) is 0 Å². The summed E-state index contributed by atoms with van der Waals surface area (Å²) in [6.45, 7) is 6.19. The number of hydrogen-bond donors (Lipinski definition) is 2. The molecule has 0 atom stereocenters. The zero-order chi connectivity index (χ0) is 11.9. The molecule has 0 heterocycles. The van der Waals surface area contributed by atoms with E-state index in [9.17, 15) is 10.2 Å². The molecule has 0 bridgehead atoms. The number of benzene rings is 2. The molecule has 0 fully saturated rings. The molecular weight excluding hydrogens is 200 g/mol. The molecule has 2 rings (SSSR count). The first-order chi connectivity index (χ1) is 7.38. The molecule has 0 unspecified atom stereocenters. The molecule has 84 valence electrons. The van der Waals surface area contributed by atoms with Crippen LogP contribution < -0.4 is 0 Å². The summed E-state index contributed by atoms with van der Waals surface area (Å²) >= 11 is 0. The van der Waals surface area contributed by atoms with Gasteiger partial charge in [-0.15, -0.1) is 0 Å². The van der Waals surface area contributed by atoms with Crippen LogP contribution in [0.2, 0.25) is 0 Å². The Hall–Kier alpha value is -1.70. The molecule has 0 spiro atoms. The van der Waals surface area contributed by atoms with E-state index in [1.165, 1.54) is 0 Å². The van der Waals surface area contributed by atoms with E-state index in [0.29, 0.717) is 0 Å². The predicted octanol–water partition coefficient (Wildman–Crippen LogP) is 3.55. The maximum atomic E-state index is 9.95. The molecule has 0 aliphatic heterocycles. The molecule has 0 radical (unpaired) electrons. The van der Waals surface area contributed by atoms with Crippen LogP contribution in [0.3, 0.4) is 0 Å². The first-order valence-corrected chi connectivity index (χ1v) is 5.34. The van der Waals surface area contributed by atoms with E-state index >= 15 is 0 Å². The molecule has 2 aromatic carbocycles. The lowest BCUT2D eigenvalue weighted by molar-refractivity contribution is 0.448. The highest BCUT2D eigenvalue weighted by atomic mass is 16.3. The Kier molecular flexibility index (Phi) is 2.30. The van der Waals surface area contributed by atoms with Gasteiger partial charge in [-0.2, -0.15) is 0 Å². The van der Waals surface area contributed by atoms with Gasteiger partial charge >= 0.3 is 0 Å². The smallest absolute Gasteiger partial charge is 0.119 e. The van der Waals surface area contributed by atoms with Gasteiger partial charge in [0.05, 0.1) is 0 Å². The number of hydrogen-bond acceptors (Lipinski definition) is 2. The van der Waals surface area contributed by atoms with Crippen LogP contribution in [0.5, 0.6) is 11.5 Å². The van der Waals surface area contributed by atoms with Crippen LogP contribution in [-0.4, -0.2) is 10.2 Å². The summed E-state index contributed by atoms with van der Waals surface area (Å²) in [4.78, 5) is 0. The van der Waals surface area contributed by atoms with Crippen molar-refractivity contribution in [3.63, 3.8) is 0 Å². The van der Waals surface area contributed by atoms with Gasteiger partial charge in [0.2, 0.25) is 0 Å². The molecule has 2 N–H and O–H groups in total. The van der Waals surface area contributed by atoms with Crippen LogP contribution >= 0.6 is 0 Å². The monoisotopic (exact) mass is 216 g/mol. The largest absolute Gasteiger partial charge is 0.508 e. The molecule has 0 amide bonds. The van der Waals surface area contributed by atoms with Crippen molar-refractivity contribution >= 4 is 10.8 Å². The Morgan fingerprint density at radius 2 is 1.56 bits per heavy atom. The minimum absolute atomic E-state index is 0.0871. The summed E-state index contributed by atoms with van der Waals surface area (Å²) in [6.07, 6.45) is 0. The normalized spacial score (nSPS) is 11.9. The minimum Gasteiger partial charge on any atom is -0.508 e. The zero-order valence-corrected chi connectivity index (χ0v) is 9.78. The Morgan fingerprint density at radius 3 is 2.19 bits per heavy atom. The Balaban J connectivity index is 2.72. The second-order valence-electron chi connectivity index (χ2n) is 5.15. The fourth-order valence-corrected chi connectivity index (χ4v) is 1.87. The van der Waals surface area contributed by atoms with Crippen molar-refractivity contribution in [1.82, 2.24) is 0 Å². The number of aromatic hydroxyl groups is 2. The number of rotatable bonds is 0. The molecule has 0 aliphatic carbocycles. The first kappa shape index (κ1) is 10.8. The van der Waals surface area contributed by atoms with Crippen LogP contribution in [0, 0.1) is 0 Å². The van der Waals surface area contributed by atoms with Crippen molar-refractivity contribution in [3.05, 3.63) is 35.9 Å². The van der Waals surface area contributed by atoms with Gasteiger partial charge in [0, 0.05) is 0 Å². The van der Waals surface area contributed by atoms with Gasteiger partial charge in [0.15, 0.2) is 0 Å². The van der Waals surface area contributed by atoms with E-state index in [-0.39, 0.29) is 16.9 Å². The maximum Gasteiger partial charge on any atom is 0.119 e. The third-order valence-corrected chi connectivity index (χ3v) is 2.75. The highest BCUT2D eigenvalue weighted by Gasteiger charge is 2.18. The van der Waals surface area contributed by atoms with Gasteiger partial charge in [-0.1, -0.05) is 26.8 Å². The van der Waals surface area contributed by atoms with Gasteiger partial charge in [-0.3, -0.25) is 0 Å². The summed E-state index contributed by atoms with van der Waals surface area (Å²) in [5.74, 6) is 0.501. The van der Waals surface area contributed by atoms with E-state index < -0.39 is 0 Å². The average Bonchev–Trinajstić information content (AvgIpc) is 2.14. The fourth-order valence-electron chi connectivity index (χ4n) is 1.87. The first-order valence-electron chi connectivity index (χ1n) is 5.34. The van der Waals surface area contributed by atoms with E-state index in [2.05, 4.69) is 20.8 Å². The van der Waals surface area contributed by atoms with Crippen LogP contribution in [0.25, 0.3) is 10.8 Å². The number of fused-ring (bicyclic) bond motifs is 1. The third-order valence-electron chi connectivity index (χ3n) is 2.75. The van der Waals surface area contributed by atoms with Crippen LogP contribution in [-0.2, 0) is 5.41 Å². The molecule has 0 saturated heterocycles. The lowest BCUT2D eigenvalue weighted by Gasteiger charge is -2.21. The summed E-state index contributed by atoms with van der Waals surface area (Å²) in [5.41, 5.74) is 0.835. The molecule has 2 heteroatoms. The molecule has 2 nitrogen and oxygen atoms in total. The summed E-state index contributed by atoms with van der Waals surface area (Å²) in [6, 6.07) is 8.85. The summed E-state index contributed by atoms with van der Waals surface area (Å²) in [7, 11) is 0. The zero-order valence-electron chi connectivity index (χ0n) is 9.78. The quantitative estimate of drug-likeness (QED) is 0.707. The van der Waals surface area contributed by atoms with Crippen molar-refractivity contribution in [1.29, 1.82) is 0 Å². The second-order valence-corrected chi connectivity index (χ2v) is 5.15. The SMILES string of the molecule is CC(C)(C)c1cc2ccc(O)cc2cc1O. The van der Waals surface area contributed by atoms with Crippen molar-refractivity contribution < 1.29 is 10.2 Å². The summed E-state index contributed by atoms with van der Waals surface area (Å²) < 4.78 is 0. The lowest BCUT2D eigenvalue weighted by Crippen LogP contribution is -2.11. The van der Waals surface area contributed by atoms with Crippen LogP contribution in [0.15, 0.2) is 30.3 Å². The molecular formula is C14H16O2. The minimum atomic E-state index is -0.0871. The van der Waals surface area contributed by atoms with Gasteiger partial charge < -0.3 is 10.2 Å². The number of phenols is 2. The molecule has 0 aromatic heterocycles. The predicted molar refractivity (Wildman–Crippen MR) is 66.0 cm³/mol. The highest BCUT2D eigenvalue weighted by Crippen LogP contribution is 2.34. The molecule has 0 saturated carbocycles. The third kappa shape index (κ3) is 1.83. The van der Waals surface area contributed by atoms with Gasteiger partial charge in [-0.05, 0) is 46.0 Å². The van der Waals surface area contributed by atoms with Crippen molar-refractivity contribution in [2.24, 2.45) is 0 Å². The Morgan fingerprint density at radius 1 is 0.875 bits per heavy atom. The maximum absolute atomic E-state index is 9.95. The van der Waals surface area contributed by atoms with Crippen LogP contribution in [0.1, 0.15) is 26.3 Å². The van der Waals surface area contributed by atoms with Crippen molar-refractivity contribution in [3.8, 4) is 11.5 Å². The van der Waals surface area contributed by atoms with E-state index in [1.54, 1.807) is 18.2 Å². The fraction of sp³-hybridized carbons (Fsp3) is 0.286. The highest BCUT2D eigenvalue weighted by molar-refractivity contribution is 5.86. The Labute approximate surface area is 95.2 Å². The van der Waals surface area contributed by atoms with E-state index in [4.69, 9.17) is 0 Å². The molecule has 2 aromatic rings. The van der Waals surface area contributed by atoms with Crippen molar-refractivity contribution in [2.45, 2.75) is 26.2 Å². The lowest BCUT2D eigenvalue weighted by atomic mass is 9.85. The molecule has 0 aliphatic rings. The van der Waals surface area contributed by atoms with Gasteiger partial charge in [0.1, 0.15) is 11.5 Å². The Bertz CT molecular complexity index is 536. The van der Waals surface area contributed by atoms with Gasteiger partial charge in [-0.25, -0.2) is 0 Å². The standard InChI is InChI=1S/C14H16O2/c1-14(2,3)12-7-9-4-5-11(15)6-10(9)8-13(12)16/h4-8,15-16H,1-3H3. The summed E-state index contributed by atoms with van der Waals surface area (Å²) in [5, 5.41) is 21.2. The average molecular weight is 216 g/mol. The topological polar surface area (TPSA) is 40.5 Å². The van der Waals surface area contributed by atoms with Crippen LogP contribution in [0.4, 0.5) is 0 Å². The van der Waals surface area contributed by atoms with Gasteiger partial charge in [0.25, 0.3) is 0 Å². The molecule has 16 heavy (non-hydrogen) atoms. The van der Waals surface area contributed by atoms with E-state index in [0.717, 1.165) is 16.3 Å². The number of phenolic OH excluding ortho intramolecular Hbond substituents is 2. The van der Waals surface area contributed by atoms with E-state index in [1.807, 2.05) is 12.1 Å². The second kappa shape index (κ2) is 3.41.